The first-order valence-corrected chi connectivity index (χ1v) is 9.09. The topological polar surface area (TPSA) is 61.5 Å². The molecule has 0 amide bonds. The molecule has 1 aliphatic heterocycles. The van der Waals surface area contributed by atoms with Gasteiger partial charge in [0.25, 0.3) is 0 Å². The van der Waals surface area contributed by atoms with E-state index in [2.05, 4.69) is 0 Å². The normalized spacial score (nSPS) is 16.0. The van der Waals surface area contributed by atoms with Gasteiger partial charge >= 0.3 is 5.97 Å². The van der Waals surface area contributed by atoms with E-state index in [0.717, 1.165) is 21.9 Å². The van der Waals surface area contributed by atoms with Crippen LogP contribution in [0.15, 0.2) is 72.1 Å². The number of nitrogens with two attached hydrogens (primary N) is 1. The van der Waals surface area contributed by atoms with Crippen molar-refractivity contribution in [3.8, 4) is 5.75 Å². The molecule has 27 heavy (non-hydrogen) atoms. The fourth-order valence-corrected chi connectivity index (χ4v) is 3.72. The van der Waals surface area contributed by atoms with Gasteiger partial charge in [0.2, 0.25) is 5.88 Å². The number of carbonyl (C=O) groups excluding carboxylic acids is 1. The van der Waals surface area contributed by atoms with Gasteiger partial charge in [-0.05, 0) is 30.0 Å². The molecule has 0 bridgehead atoms. The molecule has 0 aromatic heterocycles. The van der Waals surface area contributed by atoms with Crippen LogP contribution in [-0.2, 0) is 9.53 Å². The first-order chi connectivity index (χ1) is 13.1. The number of halogens is 1. The molecular weight excluding hydrogens is 362 g/mol. The van der Waals surface area contributed by atoms with Gasteiger partial charge in [-0.25, -0.2) is 4.79 Å². The number of hydrogen-bond donors (Lipinski definition) is 1. The van der Waals surface area contributed by atoms with Crippen molar-refractivity contribution < 1.29 is 14.3 Å². The maximum absolute atomic E-state index is 12.7. The van der Waals surface area contributed by atoms with Crippen LogP contribution < -0.4 is 10.5 Å². The maximum Gasteiger partial charge on any atom is 0.340 e. The van der Waals surface area contributed by atoms with Gasteiger partial charge in [0.05, 0.1) is 12.5 Å². The van der Waals surface area contributed by atoms with Crippen molar-refractivity contribution in [2.75, 3.05) is 6.61 Å². The van der Waals surface area contributed by atoms with Crippen LogP contribution in [0.3, 0.4) is 0 Å². The summed E-state index contributed by atoms with van der Waals surface area (Å²) in [7, 11) is 0. The van der Waals surface area contributed by atoms with Crippen LogP contribution in [0.4, 0.5) is 0 Å². The Hall–Kier alpha value is -2.98. The number of benzene rings is 3. The van der Waals surface area contributed by atoms with Crippen molar-refractivity contribution in [2.24, 2.45) is 5.73 Å². The summed E-state index contributed by atoms with van der Waals surface area (Å²) in [5.41, 5.74) is 8.21. The molecule has 2 N–H and O–H groups in total. The van der Waals surface area contributed by atoms with Gasteiger partial charge in [-0.2, -0.15) is 0 Å². The highest BCUT2D eigenvalue weighted by Crippen LogP contribution is 2.46. The van der Waals surface area contributed by atoms with Crippen molar-refractivity contribution >= 4 is 28.3 Å². The smallest absolute Gasteiger partial charge is 0.340 e. The number of esters is 1. The molecule has 1 heterocycles. The Morgan fingerprint density at radius 1 is 1.15 bits per heavy atom. The molecule has 136 valence electrons. The maximum atomic E-state index is 12.7. The minimum Gasteiger partial charge on any atom is -0.462 e. The Bertz CT molecular complexity index is 1070. The van der Waals surface area contributed by atoms with E-state index in [4.69, 9.17) is 26.8 Å². The summed E-state index contributed by atoms with van der Waals surface area (Å²) in [6, 6.07) is 19.3. The number of carbonyl (C=O) groups is 1. The van der Waals surface area contributed by atoms with Gasteiger partial charge in [-0.1, -0.05) is 60.1 Å². The molecule has 0 unspecified atom stereocenters. The third-order valence-electron chi connectivity index (χ3n) is 4.66. The fourth-order valence-electron chi connectivity index (χ4n) is 3.52. The minimum absolute atomic E-state index is 0.0577. The fraction of sp³-hybridized carbons (Fsp3) is 0.136. The zero-order valence-corrected chi connectivity index (χ0v) is 15.5. The molecule has 0 saturated carbocycles. The summed E-state index contributed by atoms with van der Waals surface area (Å²) in [5, 5.41) is 2.56. The molecule has 1 atom stereocenters. The molecule has 0 radical (unpaired) electrons. The summed E-state index contributed by atoms with van der Waals surface area (Å²) in [4.78, 5) is 12.7. The Morgan fingerprint density at radius 3 is 2.74 bits per heavy atom. The highest BCUT2D eigenvalue weighted by atomic mass is 35.5. The van der Waals surface area contributed by atoms with Crippen molar-refractivity contribution in [2.45, 2.75) is 12.8 Å². The molecule has 0 saturated heterocycles. The second kappa shape index (κ2) is 6.97. The predicted molar refractivity (Wildman–Crippen MR) is 106 cm³/mol. The van der Waals surface area contributed by atoms with E-state index in [1.807, 2.05) is 54.6 Å². The monoisotopic (exact) mass is 379 g/mol. The largest absolute Gasteiger partial charge is 0.462 e. The Balaban J connectivity index is 1.98. The van der Waals surface area contributed by atoms with Gasteiger partial charge in [-0.3, -0.25) is 0 Å². The van der Waals surface area contributed by atoms with E-state index < -0.39 is 11.9 Å². The molecule has 3 aromatic carbocycles. The zero-order valence-electron chi connectivity index (χ0n) is 14.7. The highest BCUT2D eigenvalue weighted by molar-refractivity contribution is 6.30. The Morgan fingerprint density at radius 2 is 1.96 bits per heavy atom. The summed E-state index contributed by atoms with van der Waals surface area (Å²) in [6.07, 6.45) is 0. The van der Waals surface area contributed by atoms with E-state index in [0.29, 0.717) is 16.3 Å². The average molecular weight is 380 g/mol. The lowest BCUT2D eigenvalue weighted by molar-refractivity contribution is -0.139. The number of ether oxygens (including phenoxy) is 2. The molecule has 0 aliphatic carbocycles. The highest BCUT2D eigenvalue weighted by Gasteiger charge is 2.36. The molecule has 3 aromatic rings. The van der Waals surface area contributed by atoms with Crippen LogP contribution in [-0.4, -0.2) is 12.6 Å². The van der Waals surface area contributed by atoms with E-state index in [1.54, 1.807) is 13.0 Å². The van der Waals surface area contributed by atoms with Crippen LogP contribution in [0.25, 0.3) is 10.8 Å². The number of hydrogen-bond acceptors (Lipinski definition) is 4. The molecule has 1 aliphatic rings. The standard InChI is InChI=1S/C22H18ClNO3/c1-2-26-22(25)19-18(14-7-5-8-15(23)12-14)17-11-10-13-6-3-4-9-16(13)20(17)27-21(19)24/h3-12,18H,2,24H2,1H3/t18-/m0/s1. The number of rotatable bonds is 3. The van der Waals surface area contributed by atoms with E-state index in [-0.39, 0.29) is 12.5 Å². The van der Waals surface area contributed by atoms with Gasteiger partial charge in [0.15, 0.2) is 0 Å². The first-order valence-electron chi connectivity index (χ1n) is 8.72. The third kappa shape index (κ3) is 3.02. The van der Waals surface area contributed by atoms with Crippen LogP contribution in [0.1, 0.15) is 24.0 Å². The molecule has 0 fully saturated rings. The average Bonchev–Trinajstić information content (AvgIpc) is 2.67. The quantitative estimate of drug-likeness (QED) is 0.667. The van der Waals surface area contributed by atoms with Crippen molar-refractivity contribution in [1.29, 1.82) is 0 Å². The Labute approximate surface area is 162 Å². The molecular formula is C22H18ClNO3. The van der Waals surface area contributed by atoms with Crippen LogP contribution >= 0.6 is 11.6 Å². The van der Waals surface area contributed by atoms with E-state index in [1.165, 1.54) is 0 Å². The van der Waals surface area contributed by atoms with Gasteiger partial charge in [-0.15, -0.1) is 0 Å². The van der Waals surface area contributed by atoms with Crippen LogP contribution in [0.5, 0.6) is 5.75 Å². The first kappa shape index (κ1) is 17.4. The summed E-state index contributed by atoms with van der Waals surface area (Å²) in [6.45, 7) is 2.01. The number of fused-ring (bicyclic) bond motifs is 3. The SMILES string of the molecule is CCOC(=O)C1=C(N)Oc2c(ccc3ccccc23)[C@@H]1c1cccc(Cl)c1. The van der Waals surface area contributed by atoms with Crippen LogP contribution in [0, 0.1) is 0 Å². The predicted octanol–water partition coefficient (Wildman–Crippen LogP) is 4.75. The Kier molecular flexibility index (Phi) is 4.50. The lowest BCUT2D eigenvalue weighted by Crippen LogP contribution is -2.27. The molecule has 5 heteroatoms. The molecule has 4 nitrogen and oxygen atoms in total. The third-order valence-corrected chi connectivity index (χ3v) is 4.90. The molecule has 0 spiro atoms. The second-order valence-electron chi connectivity index (χ2n) is 6.29. The van der Waals surface area contributed by atoms with Crippen molar-refractivity contribution in [3.05, 3.63) is 88.3 Å². The van der Waals surface area contributed by atoms with Crippen molar-refractivity contribution in [1.82, 2.24) is 0 Å². The second-order valence-corrected chi connectivity index (χ2v) is 6.73. The van der Waals surface area contributed by atoms with Gasteiger partial charge in [0.1, 0.15) is 11.3 Å². The minimum atomic E-state index is -0.487. The lowest BCUT2D eigenvalue weighted by Gasteiger charge is -2.29. The van der Waals surface area contributed by atoms with Crippen LogP contribution in [0.2, 0.25) is 5.02 Å². The summed E-state index contributed by atoms with van der Waals surface area (Å²) in [5.74, 6) is -0.194. The van der Waals surface area contributed by atoms with Gasteiger partial charge in [0, 0.05) is 16.0 Å². The van der Waals surface area contributed by atoms with E-state index in [9.17, 15) is 4.79 Å². The lowest BCUT2D eigenvalue weighted by atomic mass is 9.82. The van der Waals surface area contributed by atoms with Crippen molar-refractivity contribution in [3.63, 3.8) is 0 Å². The molecule has 4 rings (SSSR count). The summed E-state index contributed by atoms with van der Waals surface area (Å²) >= 11 is 6.22. The van der Waals surface area contributed by atoms with Gasteiger partial charge < -0.3 is 15.2 Å². The summed E-state index contributed by atoms with van der Waals surface area (Å²) < 4.78 is 11.2. The van der Waals surface area contributed by atoms with E-state index >= 15 is 0 Å². The zero-order chi connectivity index (χ0) is 19.0.